The van der Waals surface area contributed by atoms with Crippen molar-refractivity contribution in [1.82, 2.24) is 9.62 Å². The zero-order chi connectivity index (χ0) is 19.9. The average Bonchev–Trinajstić information content (AvgIpc) is 2.66. The molecule has 0 saturated heterocycles. The number of hydrogen-bond acceptors (Lipinski definition) is 5. The van der Waals surface area contributed by atoms with Gasteiger partial charge in [-0.2, -0.15) is 0 Å². The highest BCUT2D eigenvalue weighted by molar-refractivity contribution is 7.89. The molecule has 7 nitrogen and oxygen atoms in total. The van der Waals surface area contributed by atoms with Crippen LogP contribution in [0.2, 0.25) is 0 Å². The Kier molecular flexibility index (Phi) is 7.20. The molecule has 1 N–H and O–H groups in total. The maximum atomic E-state index is 12.4. The summed E-state index contributed by atoms with van der Waals surface area (Å²) < 4.78 is 37.7. The lowest BCUT2D eigenvalue weighted by atomic mass is 10.1. The summed E-state index contributed by atoms with van der Waals surface area (Å²) in [7, 11) is 1.26. The van der Waals surface area contributed by atoms with Gasteiger partial charge in [-0.1, -0.05) is 12.1 Å². The Morgan fingerprint density at radius 2 is 1.59 bits per heavy atom. The Morgan fingerprint density at radius 1 is 1.00 bits per heavy atom. The molecule has 27 heavy (non-hydrogen) atoms. The molecule has 0 aromatic heterocycles. The molecule has 0 aliphatic carbocycles. The molecule has 0 heterocycles. The quantitative estimate of drug-likeness (QED) is 0.702. The van der Waals surface area contributed by atoms with Crippen LogP contribution in [0.4, 0.5) is 0 Å². The van der Waals surface area contributed by atoms with Gasteiger partial charge in [-0.3, -0.25) is 4.79 Å². The Labute approximate surface area is 160 Å². The summed E-state index contributed by atoms with van der Waals surface area (Å²) in [6.07, 6.45) is 0.567. The summed E-state index contributed by atoms with van der Waals surface area (Å²) in [6.45, 7) is 0.184. The van der Waals surface area contributed by atoms with Gasteiger partial charge in [0, 0.05) is 20.6 Å². The Bertz CT molecular complexity index is 847. The zero-order valence-electron chi connectivity index (χ0n) is 15.6. The van der Waals surface area contributed by atoms with Crippen LogP contribution < -0.4 is 14.2 Å². The molecule has 0 fully saturated rings. The standard InChI is InChI=1S/C19H24N2O5S/c1-21(2)19(22)14-26-17-8-10-18(11-9-17)27(23,24)20-13-12-15-4-6-16(25-3)7-5-15/h4-11,20H,12-14H2,1-3H3. The minimum absolute atomic E-state index is 0.0980. The number of hydrogen-bond donors (Lipinski definition) is 1. The lowest BCUT2D eigenvalue weighted by Crippen LogP contribution is -2.27. The molecule has 0 bridgehead atoms. The van der Waals surface area contributed by atoms with Gasteiger partial charge in [-0.15, -0.1) is 0 Å². The van der Waals surface area contributed by atoms with Gasteiger partial charge in [-0.25, -0.2) is 13.1 Å². The lowest BCUT2D eigenvalue weighted by molar-refractivity contribution is -0.130. The van der Waals surface area contributed by atoms with E-state index in [2.05, 4.69) is 4.72 Å². The van der Waals surface area contributed by atoms with E-state index in [0.717, 1.165) is 11.3 Å². The first kappa shape index (κ1) is 20.7. The summed E-state index contributed by atoms with van der Waals surface area (Å²) in [4.78, 5) is 13.1. The van der Waals surface area contributed by atoms with Crippen LogP contribution in [0.25, 0.3) is 0 Å². The molecule has 2 aromatic rings. The summed E-state index contributed by atoms with van der Waals surface area (Å²) in [6, 6.07) is 13.4. The van der Waals surface area contributed by atoms with Gasteiger partial charge in [0.15, 0.2) is 6.61 Å². The van der Waals surface area contributed by atoms with Crippen LogP contribution in [0.1, 0.15) is 5.56 Å². The average molecular weight is 392 g/mol. The summed E-state index contributed by atoms with van der Waals surface area (Å²) in [5, 5.41) is 0. The zero-order valence-corrected chi connectivity index (χ0v) is 16.5. The van der Waals surface area contributed by atoms with Gasteiger partial charge < -0.3 is 14.4 Å². The second-order valence-corrected chi connectivity index (χ2v) is 7.81. The van der Waals surface area contributed by atoms with Crippen molar-refractivity contribution in [2.24, 2.45) is 0 Å². The predicted molar refractivity (Wildman–Crippen MR) is 103 cm³/mol. The van der Waals surface area contributed by atoms with Gasteiger partial charge in [0.1, 0.15) is 11.5 Å². The van der Waals surface area contributed by atoms with E-state index in [1.54, 1.807) is 21.2 Å². The highest BCUT2D eigenvalue weighted by Gasteiger charge is 2.14. The van der Waals surface area contributed by atoms with Crippen LogP contribution in [0.5, 0.6) is 11.5 Å². The number of amides is 1. The molecule has 2 rings (SSSR count). The SMILES string of the molecule is COc1ccc(CCNS(=O)(=O)c2ccc(OCC(=O)N(C)C)cc2)cc1. The van der Waals surface area contributed by atoms with Gasteiger partial charge in [0.2, 0.25) is 10.0 Å². The van der Waals surface area contributed by atoms with Crippen LogP contribution in [0, 0.1) is 0 Å². The third-order valence-electron chi connectivity index (χ3n) is 3.86. The van der Waals surface area contributed by atoms with Crippen molar-refractivity contribution in [3.05, 3.63) is 54.1 Å². The molecule has 0 spiro atoms. The minimum atomic E-state index is -3.61. The second kappa shape index (κ2) is 9.38. The first-order chi connectivity index (χ1) is 12.8. The number of likely N-dealkylation sites (N-methyl/N-ethyl adjacent to an activating group) is 1. The molecule has 0 aliphatic rings. The van der Waals surface area contributed by atoms with E-state index in [0.29, 0.717) is 12.2 Å². The van der Waals surface area contributed by atoms with Gasteiger partial charge in [-0.05, 0) is 48.4 Å². The molecule has 0 atom stereocenters. The normalized spacial score (nSPS) is 11.1. The molecule has 0 radical (unpaired) electrons. The first-order valence-electron chi connectivity index (χ1n) is 8.37. The van der Waals surface area contributed by atoms with Crippen molar-refractivity contribution < 1.29 is 22.7 Å². The minimum Gasteiger partial charge on any atom is -0.497 e. The molecule has 8 heteroatoms. The van der Waals surface area contributed by atoms with Gasteiger partial charge in [0.25, 0.3) is 5.91 Å². The molecule has 0 saturated carbocycles. The number of ether oxygens (including phenoxy) is 2. The van der Waals surface area contributed by atoms with E-state index in [1.807, 2.05) is 24.3 Å². The number of benzene rings is 2. The maximum absolute atomic E-state index is 12.4. The van der Waals surface area contributed by atoms with Crippen molar-refractivity contribution in [1.29, 1.82) is 0 Å². The third kappa shape index (κ3) is 6.26. The topological polar surface area (TPSA) is 84.9 Å². The molecule has 0 unspecified atom stereocenters. The lowest BCUT2D eigenvalue weighted by Gasteiger charge is -2.12. The fourth-order valence-corrected chi connectivity index (χ4v) is 3.23. The van der Waals surface area contributed by atoms with E-state index in [-0.39, 0.29) is 24.0 Å². The van der Waals surface area contributed by atoms with E-state index in [1.165, 1.54) is 29.2 Å². The molecule has 2 aromatic carbocycles. The second-order valence-electron chi connectivity index (χ2n) is 6.04. The maximum Gasteiger partial charge on any atom is 0.259 e. The third-order valence-corrected chi connectivity index (χ3v) is 5.34. The first-order valence-corrected chi connectivity index (χ1v) is 9.86. The largest absolute Gasteiger partial charge is 0.497 e. The van der Waals surface area contributed by atoms with Crippen molar-refractivity contribution >= 4 is 15.9 Å². The predicted octanol–water partition coefficient (Wildman–Crippen LogP) is 1.68. The van der Waals surface area contributed by atoms with Crippen LogP contribution >= 0.6 is 0 Å². The van der Waals surface area contributed by atoms with E-state index >= 15 is 0 Å². The molecular formula is C19H24N2O5S. The molecule has 146 valence electrons. The Hall–Kier alpha value is -2.58. The smallest absolute Gasteiger partial charge is 0.259 e. The number of nitrogens with one attached hydrogen (secondary N) is 1. The van der Waals surface area contributed by atoms with Crippen molar-refractivity contribution in [2.45, 2.75) is 11.3 Å². The van der Waals surface area contributed by atoms with Crippen molar-refractivity contribution in [3.63, 3.8) is 0 Å². The van der Waals surface area contributed by atoms with Crippen molar-refractivity contribution in [3.8, 4) is 11.5 Å². The van der Waals surface area contributed by atoms with E-state index in [4.69, 9.17) is 9.47 Å². The van der Waals surface area contributed by atoms with Gasteiger partial charge >= 0.3 is 0 Å². The molecular weight excluding hydrogens is 368 g/mol. The van der Waals surface area contributed by atoms with Crippen LogP contribution in [0.3, 0.4) is 0 Å². The Balaban J connectivity index is 1.88. The fraction of sp³-hybridized carbons (Fsp3) is 0.316. The van der Waals surface area contributed by atoms with E-state index < -0.39 is 10.0 Å². The number of rotatable bonds is 9. The number of methoxy groups -OCH3 is 1. The number of nitrogens with zero attached hydrogens (tertiary/aromatic N) is 1. The molecule has 1 amide bonds. The highest BCUT2D eigenvalue weighted by atomic mass is 32.2. The Morgan fingerprint density at radius 3 is 2.15 bits per heavy atom. The summed E-state index contributed by atoms with van der Waals surface area (Å²) in [5.74, 6) is 1.02. The summed E-state index contributed by atoms with van der Waals surface area (Å²) in [5.41, 5.74) is 1.01. The van der Waals surface area contributed by atoms with Crippen LogP contribution in [-0.4, -0.2) is 53.6 Å². The fourth-order valence-electron chi connectivity index (χ4n) is 2.19. The monoisotopic (exact) mass is 392 g/mol. The number of sulfonamides is 1. The highest BCUT2D eigenvalue weighted by Crippen LogP contribution is 2.16. The van der Waals surface area contributed by atoms with Crippen LogP contribution in [-0.2, 0) is 21.2 Å². The van der Waals surface area contributed by atoms with Crippen molar-refractivity contribution in [2.75, 3.05) is 34.4 Å². The van der Waals surface area contributed by atoms with Gasteiger partial charge in [0.05, 0.1) is 12.0 Å². The number of carbonyl (C=O) groups is 1. The van der Waals surface area contributed by atoms with E-state index in [9.17, 15) is 13.2 Å². The van der Waals surface area contributed by atoms with Crippen LogP contribution in [0.15, 0.2) is 53.4 Å². The summed E-state index contributed by atoms with van der Waals surface area (Å²) >= 11 is 0. The molecule has 0 aliphatic heterocycles. The number of carbonyl (C=O) groups excluding carboxylic acids is 1.